The molecule has 0 aliphatic carbocycles. The minimum absolute atomic E-state index is 0.0425. The van der Waals surface area contributed by atoms with Crippen molar-refractivity contribution in [2.75, 3.05) is 32.8 Å². The van der Waals surface area contributed by atoms with Gasteiger partial charge in [0.2, 0.25) is 0 Å². The highest BCUT2D eigenvalue weighted by atomic mass is 16.6. The lowest BCUT2D eigenvalue weighted by Crippen LogP contribution is -2.56. The SMILES string of the molecule is CCOC(=O)COc1ccc(CN2CCNC(C)(C)C2)cc1. The predicted molar refractivity (Wildman–Crippen MR) is 85.9 cm³/mol. The van der Waals surface area contributed by atoms with Crippen LogP contribution in [0.3, 0.4) is 0 Å². The number of piperazine rings is 1. The summed E-state index contributed by atoms with van der Waals surface area (Å²) in [5.74, 6) is 0.354. The van der Waals surface area contributed by atoms with Gasteiger partial charge < -0.3 is 14.8 Å². The van der Waals surface area contributed by atoms with Crippen LogP contribution in [0.2, 0.25) is 0 Å². The van der Waals surface area contributed by atoms with Crippen LogP contribution in [0.5, 0.6) is 5.75 Å². The fraction of sp³-hybridized carbons (Fsp3) is 0.588. The number of nitrogens with zero attached hydrogens (tertiary/aromatic N) is 1. The van der Waals surface area contributed by atoms with Crippen molar-refractivity contribution < 1.29 is 14.3 Å². The van der Waals surface area contributed by atoms with E-state index in [-0.39, 0.29) is 18.1 Å². The second-order valence-corrected chi connectivity index (χ2v) is 6.26. The number of benzene rings is 1. The summed E-state index contributed by atoms with van der Waals surface area (Å²) in [6, 6.07) is 7.91. The van der Waals surface area contributed by atoms with E-state index in [2.05, 4.69) is 36.2 Å². The smallest absolute Gasteiger partial charge is 0.344 e. The van der Waals surface area contributed by atoms with E-state index in [1.807, 2.05) is 12.1 Å². The maximum Gasteiger partial charge on any atom is 0.344 e. The number of carbonyl (C=O) groups excluding carboxylic acids is 1. The number of ether oxygens (including phenoxy) is 2. The van der Waals surface area contributed by atoms with Gasteiger partial charge in [0.1, 0.15) is 5.75 Å². The molecule has 0 unspecified atom stereocenters. The molecule has 5 heteroatoms. The Balaban J connectivity index is 1.82. The molecule has 0 amide bonds. The zero-order valence-electron chi connectivity index (χ0n) is 13.7. The van der Waals surface area contributed by atoms with Gasteiger partial charge in [0.25, 0.3) is 0 Å². The van der Waals surface area contributed by atoms with Crippen molar-refractivity contribution in [3.8, 4) is 5.75 Å². The fourth-order valence-corrected chi connectivity index (χ4v) is 2.68. The van der Waals surface area contributed by atoms with Crippen molar-refractivity contribution >= 4 is 5.97 Å². The van der Waals surface area contributed by atoms with E-state index in [1.165, 1.54) is 5.56 Å². The van der Waals surface area contributed by atoms with Crippen LogP contribution in [-0.4, -0.2) is 49.3 Å². The normalized spacial score (nSPS) is 18.0. The molecule has 1 aliphatic heterocycles. The van der Waals surface area contributed by atoms with Gasteiger partial charge in [-0.1, -0.05) is 12.1 Å². The molecule has 122 valence electrons. The van der Waals surface area contributed by atoms with Crippen LogP contribution in [0.4, 0.5) is 0 Å². The fourth-order valence-electron chi connectivity index (χ4n) is 2.68. The quantitative estimate of drug-likeness (QED) is 0.812. The Morgan fingerprint density at radius 2 is 2.05 bits per heavy atom. The molecule has 0 radical (unpaired) electrons. The predicted octanol–water partition coefficient (Wildman–Crippen LogP) is 1.81. The second-order valence-electron chi connectivity index (χ2n) is 6.26. The average molecular weight is 306 g/mol. The van der Waals surface area contributed by atoms with Gasteiger partial charge in [-0.05, 0) is 38.5 Å². The zero-order valence-corrected chi connectivity index (χ0v) is 13.7. The van der Waals surface area contributed by atoms with Crippen LogP contribution in [0, 0.1) is 0 Å². The third-order valence-electron chi connectivity index (χ3n) is 3.64. The number of nitrogens with one attached hydrogen (secondary N) is 1. The number of carbonyl (C=O) groups is 1. The Hall–Kier alpha value is -1.59. The highest BCUT2D eigenvalue weighted by Crippen LogP contribution is 2.16. The summed E-state index contributed by atoms with van der Waals surface area (Å²) in [5.41, 5.74) is 1.42. The first-order valence-corrected chi connectivity index (χ1v) is 7.83. The first kappa shape index (κ1) is 16.8. The first-order valence-electron chi connectivity index (χ1n) is 7.83. The van der Waals surface area contributed by atoms with Crippen LogP contribution in [0.1, 0.15) is 26.3 Å². The van der Waals surface area contributed by atoms with Crippen molar-refractivity contribution in [3.05, 3.63) is 29.8 Å². The standard InChI is InChI=1S/C17H26N2O3/c1-4-21-16(20)12-22-15-7-5-14(6-8-15)11-19-10-9-18-17(2,3)13-19/h5-8,18H,4,9-13H2,1-3H3. The van der Waals surface area contributed by atoms with E-state index in [1.54, 1.807) is 6.92 Å². The summed E-state index contributed by atoms with van der Waals surface area (Å²) in [4.78, 5) is 13.7. The molecule has 2 rings (SSSR count). The van der Waals surface area contributed by atoms with Crippen molar-refractivity contribution in [2.45, 2.75) is 32.9 Å². The lowest BCUT2D eigenvalue weighted by molar-refractivity contribution is -0.145. The Kier molecular flexibility index (Phi) is 5.80. The number of hydrogen-bond acceptors (Lipinski definition) is 5. The molecular weight excluding hydrogens is 280 g/mol. The Bertz CT molecular complexity index is 485. The van der Waals surface area contributed by atoms with Crippen LogP contribution < -0.4 is 10.1 Å². The minimum atomic E-state index is -0.338. The summed E-state index contributed by atoms with van der Waals surface area (Å²) in [5, 5.41) is 3.52. The monoisotopic (exact) mass is 306 g/mol. The number of esters is 1. The van der Waals surface area contributed by atoms with Gasteiger partial charge in [0.15, 0.2) is 6.61 Å². The van der Waals surface area contributed by atoms with Crippen LogP contribution in [0.15, 0.2) is 24.3 Å². The van der Waals surface area contributed by atoms with Crippen molar-refractivity contribution in [1.29, 1.82) is 0 Å². The van der Waals surface area contributed by atoms with Crippen molar-refractivity contribution in [2.24, 2.45) is 0 Å². The molecule has 1 heterocycles. The van der Waals surface area contributed by atoms with E-state index in [9.17, 15) is 4.79 Å². The summed E-state index contributed by atoms with van der Waals surface area (Å²) in [6.07, 6.45) is 0. The molecule has 1 fully saturated rings. The van der Waals surface area contributed by atoms with Gasteiger partial charge >= 0.3 is 5.97 Å². The molecule has 1 saturated heterocycles. The molecule has 0 atom stereocenters. The van der Waals surface area contributed by atoms with Gasteiger partial charge in [0.05, 0.1) is 6.61 Å². The highest BCUT2D eigenvalue weighted by molar-refractivity contribution is 5.71. The molecule has 5 nitrogen and oxygen atoms in total. The van der Waals surface area contributed by atoms with Crippen LogP contribution in [0.25, 0.3) is 0 Å². The maximum absolute atomic E-state index is 11.2. The Morgan fingerprint density at radius 3 is 2.68 bits per heavy atom. The van der Waals surface area contributed by atoms with Gasteiger partial charge in [-0.2, -0.15) is 0 Å². The summed E-state index contributed by atoms with van der Waals surface area (Å²) in [7, 11) is 0. The molecule has 1 aliphatic rings. The van der Waals surface area contributed by atoms with Crippen LogP contribution in [-0.2, 0) is 16.1 Å². The van der Waals surface area contributed by atoms with Gasteiger partial charge in [-0.15, -0.1) is 0 Å². The van der Waals surface area contributed by atoms with E-state index in [4.69, 9.17) is 9.47 Å². The van der Waals surface area contributed by atoms with E-state index >= 15 is 0 Å². The van der Waals surface area contributed by atoms with Gasteiger partial charge in [-0.25, -0.2) is 4.79 Å². The number of hydrogen-bond donors (Lipinski definition) is 1. The first-order chi connectivity index (χ1) is 10.5. The minimum Gasteiger partial charge on any atom is -0.482 e. The molecule has 1 N–H and O–H groups in total. The topological polar surface area (TPSA) is 50.8 Å². The molecular formula is C17H26N2O3. The summed E-state index contributed by atoms with van der Waals surface area (Å²) < 4.78 is 10.2. The largest absolute Gasteiger partial charge is 0.482 e. The second kappa shape index (κ2) is 7.61. The van der Waals surface area contributed by atoms with Gasteiger partial charge in [-0.3, -0.25) is 4.90 Å². The lowest BCUT2D eigenvalue weighted by atomic mass is 10.0. The average Bonchev–Trinajstić information content (AvgIpc) is 2.46. The number of rotatable bonds is 6. The molecule has 1 aromatic rings. The summed E-state index contributed by atoms with van der Waals surface area (Å²) in [6.45, 7) is 10.6. The molecule has 0 aromatic heterocycles. The van der Waals surface area contributed by atoms with Crippen molar-refractivity contribution in [1.82, 2.24) is 10.2 Å². The Morgan fingerprint density at radius 1 is 1.32 bits per heavy atom. The third-order valence-corrected chi connectivity index (χ3v) is 3.64. The molecule has 0 bridgehead atoms. The van der Waals surface area contributed by atoms with Crippen molar-refractivity contribution in [3.63, 3.8) is 0 Å². The lowest BCUT2D eigenvalue weighted by Gasteiger charge is -2.39. The zero-order chi connectivity index (χ0) is 16.0. The van der Waals surface area contributed by atoms with E-state index in [0.717, 1.165) is 26.2 Å². The van der Waals surface area contributed by atoms with E-state index in [0.29, 0.717) is 12.4 Å². The Labute approximate surface area is 132 Å². The molecule has 22 heavy (non-hydrogen) atoms. The summed E-state index contributed by atoms with van der Waals surface area (Å²) >= 11 is 0. The van der Waals surface area contributed by atoms with Gasteiger partial charge in [0, 0.05) is 31.7 Å². The highest BCUT2D eigenvalue weighted by Gasteiger charge is 2.25. The maximum atomic E-state index is 11.2. The van der Waals surface area contributed by atoms with Crippen LogP contribution >= 0.6 is 0 Å². The molecule has 0 saturated carbocycles. The molecule has 0 spiro atoms. The molecule has 1 aromatic carbocycles. The van der Waals surface area contributed by atoms with E-state index < -0.39 is 0 Å². The third kappa shape index (κ3) is 5.31.